The van der Waals surface area contributed by atoms with Gasteiger partial charge in [-0.3, -0.25) is 4.68 Å². The molecule has 0 amide bonds. The first-order valence-corrected chi connectivity index (χ1v) is 6.50. The van der Waals surface area contributed by atoms with Crippen molar-refractivity contribution in [1.29, 1.82) is 0 Å². The van der Waals surface area contributed by atoms with Crippen molar-refractivity contribution in [2.24, 2.45) is 7.05 Å². The lowest BCUT2D eigenvalue weighted by Crippen LogP contribution is -1.98. The molecule has 17 heavy (non-hydrogen) atoms. The Kier molecular flexibility index (Phi) is 3.52. The zero-order valence-electron chi connectivity index (χ0n) is 10.1. The maximum atomic E-state index is 6.10. The van der Waals surface area contributed by atoms with Crippen LogP contribution in [0.5, 0.6) is 0 Å². The maximum absolute atomic E-state index is 6.10. The molecule has 0 bridgehead atoms. The first kappa shape index (κ1) is 12.2. The van der Waals surface area contributed by atoms with E-state index in [1.165, 1.54) is 0 Å². The van der Waals surface area contributed by atoms with Crippen LogP contribution in [-0.2, 0) is 13.5 Å². The van der Waals surface area contributed by atoms with Crippen molar-refractivity contribution in [1.82, 2.24) is 9.78 Å². The molecular weight excluding hydrogens is 278 g/mol. The van der Waals surface area contributed by atoms with Gasteiger partial charge in [0, 0.05) is 17.1 Å². The van der Waals surface area contributed by atoms with Crippen LogP contribution in [0.15, 0.2) is 28.7 Å². The summed E-state index contributed by atoms with van der Waals surface area (Å²) in [4.78, 5) is 0. The number of halogens is 1. The van der Waals surface area contributed by atoms with E-state index in [0.29, 0.717) is 0 Å². The zero-order chi connectivity index (χ0) is 12.4. The predicted octanol–water partition coefficient (Wildman–Crippen LogP) is 3.38. The number of aromatic nitrogens is 2. The van der Waals surface area contributed by atoms with Crippen LogP contribution in [0.2, 0.25) is 0 Å². The largest absolute Gasteiger partial charge is 0.383 e. The number of hydrogen-bond acceptors (Lipinski definition) is 2. The van der Waals surface area contributed by atoms with E-state index in [2.05, 4.69) is 40.1 Å². The first-order valence-electron chi connectivity index (χ1n) is 5.70. The normalized spacial score (nSPS) is 10.8. The van der Waals surface area contributed by atoms with E-state index in [1.807, 2.05) is 19.2 Å². The Morgan fingerprint density at radius 1 is 1.41 bits per heavy atom. The van der Waals surface area contributed by atoms with E-state index in [1.54, 1.807) is 4.68 Å². The van der Waals surface area contributed by atoms with E-state index in [-0.39, 0.29) is 0 Å². The molecule has 4 heteroatoms. The van der Waals surface area contributed by atoms with Gasteiger partial charge < -0.3 is 5.73 Å². The SMILES string of the molecule is CCCc1nn(C)c(N)c1-c1cccc(Br)c1. The third kappa shape index (κ3) is 2.36. The Morgan fingerprint density at radius 2 is 2.18 bits per heavy atom. The molecule has 1 aromatic heterocycles. The van der Waals surface area contributed by atoms with Crippen LogP contribution >= 0.6 is 15.9 Å². The van der Waals surface area contributed by atoms with Crippen LogP contribution < -0.4 is 5.73 Å². The first-order chi connectivity index (χ1) is 8.13. The highest BCUT2D eigenvalue weighted by atomic mass is 79.9. The van der Waals surface area contributed by atoms with Gasteiger partial charge in [-0.25, -0.2) is 0 Å². The summed E-state index contributed by atoms with van der Waals surface area (Å²) in [6, 6.07) is 8.17. The third-order valence-corrected chi connectivity index (χ3v) is 3.26. The molecule has 1 heterocycles. The quantitative estimate of drug-likeness (QED) is 0.943. The highest BCUT2D eigenvalue weighted by Gasteiger charge is 2.14. The second-order valence-electron chi connectivity index (χ2n) is 4.09. The van der Waals surface area contributed by atoms with Crippen LogP contribution in [0.25, 0.3) is 11.1 Å². The van der Waals surface area contributed by atoms with Gasteiger partial charge in [0.15, 0.2) is 0 Å². The molecule has 0 saturated carbocycles. The summed E-state index contributed by atoms with van der Waals surface area (Å²) >= 11 is 3.49. The smallest absolute Gasteiger partial charge is 0.129 e. The lowest BCUT2D eigenvalue weighted by Gasteiger charge is -2.04. The summed E-state index contributed by atoms with van der Waals surface area (Å²) in [7, 11) is 1.88. The standard InChI is InChI=1S/C13H16BrN3/c1-3-5-11-12(13(15)17(2)16-11)9-6-4-7-10(14)8-9/h4,6-8H,3,5,15H2,1-2H3. The van der Waals surface area contributed by atoms with Gasteiger partial charge in [0.25, 0.3) is 0 Å². The fourth-order valence-corrected chi connectivity index (χ4v) is 2.36. The molecule has 3 nitrogen and oxygen atoms in total. The Labute approximate surface area is 110 Å². The fraction of sp³-hybridized carbons (Fsp3) is 0.308. The van der Waals surface area contributed by atoms with Gasteiger partial charge in [-0.1, -0.05) is 41.4 Å². The van der Waals surface area contributed by atoms with Crippen LogP contribution in [-0.4, -0.2) is 9.78 Å². The number of benzene rings is 1. The van der Waals surface area contributed by atoms with Crippen molar-refractivity contribution in [2.75, 3.05) is 5.73 Å². The molecule has 2 aromatic rings. The number of nitrogens with zero attached hydrogens (tertiary/aromatic N) is 2. The summed E-state index contributed by atoms with van der Waals surface area (Å²) in [5, 5.41) is 4.48. The van der Waals surface area contributed by atoms with Gasteiger partial charge >= 0.3 is 0 Å². The van der Waals surface area contributed by atoms with Gasteiger partial charge in [-0.15, -0.1) is 0 Å². The number of rotatable bonds is 3. The molecule has 0 aliphatic rings. The summed E-state index contributed by atoms with van der Waals surface area (Å²) < 4.78 is 2.81. The van der Waals surface area contributed by atoms with E-state index in [4.69, 9.17) is 5.73 Å². The maximum Gasteiger partial charge on any atom is 0.129 e. The zero-order valence-corrected chi connectivity index (χ0v) is 11.7. The molecule has 2 N–H and O–H groups in total. The van der Waals surface area contributed by atoms with Crippen LogP contribution in [0.1, 0.15) is 19.0 Å². The minimum atomic E-state index is 0.728. The monoisotopic (exact) mass is 293 g/mol. The van der Waals surface area contributed by atoms with Crippen molar-refractivity contribution < 1.29 is 0 Å². The minimum Gasteiger partial charge on any atom is -0.383 e. The molecule has 0 saturated heterocycles. The molecule has 0 aliphatic heterocycles. The lowest BCUT2D eigenvalue weighted by molar-refractivity contribution is 0.741. The fourth-order valence-electron chi connectivity index (χ4n) is 1.96. The summed E-state index contributed by atoms with van der Waals surface area (Å²) in [5.74, 6) is 0.728. The second-order valence-corrected chi connectivity index (χ2v) is 5.01. The summed E-state index contributed by atoms with van der Waals surface area (Å²) in [6.45, 7) is 2.15. The topological polar surface area (TPSA) is 43.8 Å². The van der Waals surface area contributed by atoms with Gasteiger partial charge in [-0.05, 0) is 24.1 Å². The predicted molar refractivity (Wildman–Crippen MR) is 74.8 cm³/mol. The number of nitrogens with two attached hydrogens (primary N) is 1. The highest BCUT2D eigenvalue weighted by Crippen LogP contribution is 2.31. The van der Waals surface area contributed by atoms with Crippen molar-refractivity contribution in [2.45, 2.75) is 19.8 Å². The molecule has 0 fully saturated rings. The van der Waals surface area contributed by atoms with Gasteiger partial charge in [0.1, 0.15) is 5.82 Å². The Morgan fingerprint density at radius 3 is 2.82 bits per heavy atom. The molecule has 90 valence electrons. The minimum absolute atomic E-state index is 0.728. The Balaban J connectivity index is 2.57. The van der Waals surface area contributed by atoms with Crippen LogP contribution in [0.4, 0.5) is 5.82 Å². The summed E-state index contributed by atoms with van der Waals surface area (Å²) in [5.41, 5.74) is 9.36. The van der Waals surface area contributed by atoms with Crippen LogP contribution in [0.3, 0.4) is 0 Å². The number of nitrogen functional groups attached to an aromatic ring is 1. The average molecular weight is 294 g/mol. The van der Waals surface area contributed by atoms with E-state index < -0.39 is 0 Å². The number of anilines is 1. The Hall–Kier alpha value is -1.29. The number of aryl methyl sites for hydroxylation is 2. The molecular formula is C13H16BrN3. The van der Waals surface area contributed by atoms with Crippen molar-refractivity contribution in [3.63, 3.8) is 0 Å². The van der Waals surface area contributed by atoms with E-state index in [9.17, 15) is 0 Å². The lowest BCUT2D eigenvalue weighted by atomic mass is 10.0. The van der Waals surface area contributed by atoms with Gasteiger partial charge in [0.2, 0.25) is 0 Å². The van der Waals surface area contributed by atoms with Gasteiger partial charge in [0.05, 0.1) is 5.69 Å². The molecule has 0 unspecified atom stereocenters. The van der Waals surface area contributed by atoms with Crippen molar-refractivity contribution in [3.8, 4) is 11.1 Å². The molecule has 2 rings (SSSR count). The number of hydrogen-bond donors (Lipinski definition) is 1. The molecule has 0 radical (unpaired) electrons. The third-order valence-electron chi connectivity index (χ3n) is 2.76. The van der Waals surface area contributed by atoms with Crippen LogP contribution in [0, 0.1) is 0 Å². The average Bonchev–Trinajstić information content (AvgIpc) is 2.55. The van der Waals surface area contributed by atoms with E-state index in [0.717, 1.165) is 40.0 Å². The van der Waals surface area contributed by atoms with E-state index >= 15 is 0 Å². The van der Waals surface area contributed by atoms with Crippen molar-refractivity contribution in [3.05, 3.63) is 34.4 Å². The Bertz CT molecular complexity index is 531. The molecule has 0 atom stereocenters. The highest BCUT2D eigenvalue weighted by molar-refractivity contribution is 9.10. The molecule has 1 aromatic carbocycles. The molecule has 0 spiro atoms. The van der Waals surface area contributed by atoms with Crippen molar-refractivity contribution >= 4 is 21.7 Å². The molecule has 0 aliphatic carbocycles. The second kappa shape index (κ2) is 4.92. The van der Waals surface area contributed by atoms with Gasteiger partial charge in [-0.2, -0.15) is 5.10 Å². The summed E-state index contributed by atoms with van der Waals surface area (Å²) in [6.07, 6.45) is 2.02.